The third kappa shape index (κ3) is 5.61. The molecule has 0 aromatic heterocycles. The average Bonchev–Trinajstić information content (AvgIpc) is 2.55. The van der Waals surface area contributed by atoms with Crippen LogP contribution in [0.2, 0.25) is 0 Å². The number of rotatable bonds is 7. The zero-order valence-corrected chi connectivity index (χ0v) is 14.8. The molecule has 0 spiro atoms. The van der Waals surface area contributed by atoms with Gasteiger partial charge >= 0.3 is 0 Å². The van der Waals surface area contributed by atoms with Crippen LogP contribution in [0.4, 0.5) is 0 Å². The molecule has 4 heteroatoms. The summed E-state index contributed by atoms with van der Waals surface area (Å²) in [6, 6.07) is 13.7. The van der Waals surface area contributed by atoms with Crippen molar-refractivity contribution in [2.45, 2.75) is 33.7 Å². The van der Waals surface area contributed by atoms with Gasteiger partial charge in [-0.3, -0.25) is 4.79 Å². The Labute approximate surface area is 143 Å². The largest absolute Gasteiger partial charge is 0.491 e. The lowest BCUT2D eigenvalue weighted by atomic mass is 10.1. The van der Waals surface area contributed by atoms with Gasteiger partial charge in [0.05, 0.1) is 6.04 Å². The van der Waals surface area contributed by atoms with E-state index in [2.05, 4.69) is 5.32 Å². The first kappa shape index (κ1) is 17.9. The SMILES string of the molecule is Cc1ccc(OCC(C)NC(=O)COc2cc(C)ccc2C)cc1. The van der Waals surface area contributed by atoms with Crippen molar-refractivity contribution in [3.63, 3.8) is 0 Å². The minimum Gasteiger partial charge on any atom is -0.491 e. The number of nitrogens with one attached hydrogen (secondary N) is 1. The van der Waals surface area contributed by atoms with Crippen molar-refractivity contribution in [1.82, 2.24) is 5.32 Å². The second kappa shape index (κ2) is 8.39. The summed E-state index contributed by atoms with van der Waals surface area (Å²) in [5.74, 6) is 1.39. The smallest absolute Gasteiger partial charge is 0.258 e. The molecule has 0 saturated carbocycles. The summed E-state index contributed by atoms with van der Waals surface area (Å²) >= 11 is 0. The first-order valence-corrected chi connectivity index (χ1v) is 8.13. The second-order valence-electron chi connectivity index (χ2n) is 6.15. The lowest BCUT2D eigenvalue weighted by Gasteiger charge is -2.16. The molecule has 0 aliphatic carbocycles. The average molecular weight is 327 g/mol. The molecular formula is C20H25NO3. The lowest BCUT2D eigenvalue weighted by Crippen LogP contribution is -2.39. The number of ether oxygens (including phenoxy) is 2. The Morgan fingerprint density at radius 2 is 1.67 bits per heavy atom. The second-order valence-corrected chi connectivity index (χ2v) is 6.15. The number of carbonyl (C=O) groups excluding carboxylic acids is 1. The Morgan fingerprint density at radius 3 is 2.38 bits per heavy atom. The number of benzene rings is 2. The van der Waals surface area contributed by atoms with Crippen LogP contribution in [0.15, 0.2) is 42.5 Å². The van der Waals surface area contributed by atoms with Crippen molar-refractivity contribution in [2.75, 3.05) is 13.2 Å². The van der Waals surface area contributed by atoms with Crippen LogP contribution in [0.3, 0.4) is 0 Å². The number of amides is 1. The summed E-state index contributed by atoms with van der Waals surface area (Å²) in [5.41, 5.74) is 3.31. The van der Waals surface area contributed by atoms with Gasteiger partial charge in [0.2, 0.25) is 0 Å². The molecule has 0 saturated heterocycles. The van der Waals surface area contributed by atoms with E-state index in [0.717, 1.165) is 22.6 Å². The van der Waals surface area contributed by atoms with Crippen LogP contribution >= 0.6 is 0 Å². The fourth-order valence-corrected chi connectivity index (χ4v) is 2.22. The van der Waals surface area contributed by atoms with Crippen molar-refractivity contribution in [3.05, 3.63) is 59.2 Å². The zero-order valence-electron chi connectivity index (χ0n) is 14.8. The van der Waals surface area contributed by atoms with Gasteiger partial charge in [0.25, 0.3) is 5.91 Å². The first-order valence-electron chi connectivity index (χ1n) is 8.13. The van der Waals surface area contributed by atoms with E-state index < -0.39 is 0 Å². The maximum absolute atomic E-state index is 12.0. The predicted molar refractivity (Wildman–Crippen MR) is 95.7 cm³/mol. The van der Waals surface area contributed by atoms with E-state index in [1.165, 1.54) is 5.56 Å². The number of hydrogen-bond acceptors (Lipinski definition) is 3. The summed E-state index contributed by atoms with van der Waals surface area (Å²) in [4.78, 5) is 12.0. The first-order chi connectivity index (χ1) is 11.4. The van der Waals surface area contributed by atoms with Gasteiger partial charge < -0.3 is 14.8 Å². The summed E-state index contributed by atoms with van der Waals surface area (Å²) in [6.45, 7) is 8.31. The highest BCUT2D eigenvalue weighted by molar-refractivity contribution is 5.77. The molecular weight excluding hydrogens is 302 g/mol. The Balaban J connectivity index is 1.75. The van der Waals surface area contributed by atoms with Gasteiger partial charge in [-0.15, -0.1) is 0 Å². The van der Waals surface area contributed by atoms with E-state index in [0.29, 0.717) is 6.61 Å². The van der Waals surface area contributed by atoms with Gasteiger partial charge in [0.1, 0.15) is 18.1 Å². The molecule has 1 N–H and O–H groups in total. The third-order valence-corrected chi connectivity index (χ3v) is 3.63. The van der Waals surface area contributed by atoms with E-state index in [9.17, 15) is 4.79 Å². The highest BCUT2D eigenvalue weighted by Crippen LogP contribution is 2.18. The minimum absolute atomic E-state index is 0.000828. The predicted octanol–water partition coefficient (Wildman–Crippen LogP) is 3.57. The summed E-state index contributed by atoms with van der Waals surface area (Å²) in [5, 5.41) is 2.88. The number of aryl methyl sites for hydroxylation is 3. The van der Waals surface area contributed by atoms with Crippen molar-refractivity contribution >= 4 is 5.91 Å². The third-order valence-electron chi connectivity index (χ3n) is 3.63. The highest BCUT2D eigenvalue weighted by atomic mass is 16.5. The normalized spacial score (nSPS) is 11.7. The molecule has 2 aromatic carbocycles. The van der Waals surface area contributed by atoms with Crippen LogP contribution < -0.4 is 14.8 Å². The topological polar surface area (TPSA) is 47.6 Å². The quantitative estimate of drug-likeness (QED) is 0.845. The van der Waals surface area contributed by atoms with Gasteiger partial charge in [-0.2, -0.15) is 0 Å². The Hall–Kier alpha value is -2.49. The molecule has 1 amide bonds. The Kier molecular flexibility index (Phi) is 6.24. The molecule has 0 radical (unpaired) electrons. The molecule has 4 nitrogen and oxygen atoms in total. The van der Waals surface area contributed by atoms with Crippen molar-refractivity contribution in [2.24, 2.45) is 0 Å². The minimum atomic E-state index is -0.157. The summed E-state index contributed by atoms with van der Waals surface area (Å²) in [6.07, 6.45) is 0. The zero-order chi connectivity index (χ0) is 17.5. The fourth-order valence-electron chi connectivity index (χ4n) is 2.22. The van der Waals surface area contributed by atoms with Crippen molar-refractivity contribution < 1.29 is 14.3 Å². The van der Waals surface area contributed by atoms with Crippen molar-refractivity contribution in [1.29, 1.82) is 0 Å². The summed E-state index contributed by atoms with van der Waals surface area (Å²) in [7, 11) is 0. The monoisotopic (exact) mass is 327 g/mol. The number of carbonyl (C=O) groups is 1. The summed E-state index contributed by atoms with van der Waals surface area (Å²) < 4.78 is 11.3. The molecule has 0 aliphatic rings. The molecule has 128 valence electrons. The van der Waals surface area contributed by atoms with Crippen LogP contribution in [0.5, 0.6) is 11.5 Å². The van der Waals surface area contributed by atoms with Crippen molar-refractivity contribution in [3.8, 4) is 11.5 Å². The van der Waals surface area contributed by atoms with Crippen LogP contribution in [-0.2, 0) is 4.79 Å². The molecule has 2 rings (SSSR count). The van der Waals surface area contributed by atoms with E-state index >= 15 is 0 Å². The van der Waals surface area contributed by atoms with Gasteiger partial charge in [0, 0.05) is 0 Å². The van der Waals surface area contributed by atoms with E-state index in [-0.39, 0.29) is 18.6 Å². The van der Waals surface area contributed by atoms with Gasteiger partial charge in [0.15, 0.2) is 6.61 Å². The van der Waals surface area contributed by atoms with Crippen LogP contribution in [0.1, 0.15) is 23.6 Å². The molecule has 24 heavy (non-hydrogen) atoms. The molecule has 0 bridgehead atoms. The Bertz CT molecular complexity index is 680. The molecule has 0 fully saturated rings. The maximum atomic E-state index is 12.0. The van der Waals surface area contributed by atoms with E-state index in [4.69, 9.17) is 9.47 Å². The van der Waals surface area contributed by atoms with E-state index in [1.54, 1.807) is 0 Å². The molecule has 0 heterocycles. The maximum Gasteiger partial charge on any atom is 0.258 e. The Morgan fingerprint density at radius 1 is 1.00 bits per heavy atom. The molecule has 0 aliphatic heterocycles. The van der Waals surface area contributed by atoms with Gasteiger partial charge in [-0.25, -0.2) is 0 Å². The van der Waals surface area contributed by atoms with Crippen LogP contribution in [-0.4, -0.2) is 25.2 Å². The lowest BCUT2D eigenvalue weighted by molar-refractivity contribution is -0.123. The van der Waals surface area contributed by atoms with Crippen LogP contribution in [0, 0.1) is 20.8 Å². The van der Waals surface area contributed by atoms with Gasteiger partial charge in [-0.1, -0.05) is 29.8 Å². The number of hydrogen-bond donors (Lipinski definition) is 1. The molecule has 2 aromatic rings. The standard InChI is InChI=1S/C20H25NO3/c1-14-6-9-18(10-7-14)23-12-17(4)21-20(22)13-24-19-11-15(2)5-8-16(19)3/h5-11,17H,12-13H2,1-4H3,(H,21,22). The van der Waals surface area contributed by atoms with Gasteiger partial charge in [-0.05, 0) is 57.0 Å². The van der Waals surface area contributed by atoms with Crippen LogP contribution in [0.25, 0.3) is 0 Å². The molecule has 1 atom stereocenters. The molecule has 1 unspecified atom stereocenters. The fraction of sp³-hybridized carbons (Fsp3) is 0.350. The highest BCUT2D eigenvalue weighted by Gasteiger charge is 2.10. The van der Waals surface area contributed by atoms with E-state index in [1.807, 2.05) is 70.2 Å².